The van der Waals surface area contributed by atoms with Gasteiger partial charge in [0.05, 0.1) is 0 Å². The number of hydrogen-bond donors (Lipinski definition) is 2. The van der Waals surface area contributed by atoms with E-state index in [4.69, 9.17) is 9.84 Å². The average molecular weight is 235 g/mol. The number of hydrogen-bond acceptors (Lipinski definition) is 3. The topological polar surface area (TPSA) is 41.5 Å². The van der Waals surface area contributed by atoms with E-state index in [0.717, 1.165) is 37.2 Å². The van der Waals surface area contributed by atoms with E-state index >= 15 is 0 Å². The van der Waals surface area contributed by atoms with Crippen molar-refractivity contribution in [3.8, 4) is 5.75 Å². The van der Waals surface area contributed by atoms with Crippen molar-refractivity contribution in [2.24, 2.45) is 0 Å². The van der Waals surface area contributed by atoms with Gasteiger partial charge < -0.3 is 15.2 Å². The highest BCUT2D eigenvalue weighted by molar-refractivity contribution is 5.33. The molecule has 17 heavy (non-hydrogen) atoms. The van der Waals surface area contributed by atoms with Crippen molar-refractivity contribution < 1.29 is 9.84 Å². The zero-order valence-corrected chi connectivity index (χ0v) is 10.2. The van der Waals surface area contributed by atoms with Gasteiger partial charge >= 0.3 is 0 Å². The number of aliphatic hydroxyl groups is 1. The van der Waals surface area contributed by atoms with Gasteiger partial charge in [-0.15, -0.1) is 0 Å². The molecule has 0 saturated heterocycles. The smallest absolute Gasteiger partial charge is 0.124 e. The van der Waals surface area contributed by atoms with Gasteiger partial charge in [-0.2, -0.15) is 0 Å². The van der Waals surface area contributed by atoms with E-state index in [1.165, 1.54) is 0 Å². The van der Waals surface area contributed by atoms with E-state index in [0.29, 0.717) is 6.61 Å². The molecule has 0 atom stereocenters. The van der Waals surface area contributed by atoms with Gasteiger partial charge in [0.2, 0.25) is 0 Å². The largest absolute Gasteiger partial charge is 0.489 e. The molecular weight excluding hydrogens is 214 g/mol. The minimum absolute atomic E-state index is 0.265. The predicted octanol–water partition coefficient (Wildman–Crippen LogP) is 2.11. The fourth-order valence-electron chi connectivity index (χ4n) is 1.52. The molecule has 0 aliphatic heterocycles. The molecule has 0 saturated carbocycles. The van der Waals surface area contributed by atoms with Crippen LogP contribution in [0.25, 0.3) is 0 Å². The normalized spacial score (nSPS) is 10.2. The van der Waals surface area contributed by atoms with Crippen LogP contribution in [0.15, 0.2) is 36.9 Å². The maximum absolute atomic E-state index is 8.67. The summed E-state index contributed by atoms with van der Waals surface area (Å²) in [5.74, 6) is 0.905. The molecule has 0 aliphatic carbocycles. The third kappa shape index (κ3) is 5.52. The summed E-state index contributed by atoms with van der Waals surface area (Å²) in [5.41, 5.74) is 1.15. The summed E-state index contributed by atoms with van der Waals surface area (Å²) in [4.78, 5) is 0. The van der Waals surface area contributed by atoms with Gasteiger partial charge in [-0.3, -0.25) is 0 Å². The monoisotopic (exact) mass is 235 g/mol. The Morgan fingerprint density at radius 3 is 2.88 bits per heavy atom. The fraction of sp³-hybridized carbons (Fsp3) is 0.429. The zero-order valence-electron chi connectivity index (χ0n) is 10.2. The molecule has 2 N–H and O–H groups in total. The van der Waals surface area contributed by atoms with E-state index in [9.17, 15) is 0 Å². The van der Waals surface area contributed by atoms with E-state index in [2.05, 4.69) is 18.0 Å². The molecule has 0 spiro atoms. The molecule has 94 valence electrons. The number of rotatable bonds is 9. The minimum Gasteiger partial charge on any atom is -0.489 e. The van der Waals surface area contributed by atoms with Crippen LogP contribution < -0.4 is 10.1 Å². The van der Waals surface area contributed by atoms with Crippen molar-refractivity contribution in [3.05, 3.63) is 42.5 Å². The van der Waals surface area contributed by atoms with Crippen molar-refractivity contribution in [1.29, 1.82) is 0 Å². The number of unbranched alkanes of at least 4 members (excludes halogenated alkanes) is 1. The van der Waals surface area contributed by atoms with Crippen molar-refractivity contribution in [1.82, 2.24) is 5.32 Å². The van der Waals surface area contributed by atoms with Crippen LogP contribution in [-0.2, 0) is 6.54 Å². The Morgan fingerprint density at radius 2 is 2.12 bits per heavy atom. The third-order valence-electron chi connectivity index (χ3n) is 2.41. The molecule has 0 heterocycles. The fourth-order valence-corrected chi connectivity index (χ4v) is 1.52. The molecule has 3 nitrogen and oxygen atoms in total. The van der Waals surface area contributed by atoms with Crippen molar-refractivity contribution >= 4 is 0 Å². The Balaban J connectivity index is 2.37. The predicted molar refractivity (Wildman–Crippen MR) is 70.2 cm³/mol. The van der Waals surface area contributed by atoms with Gasteiger partial charge in [-0.05, 0) is 25.5 Å². The number of para-hydroxylation sites is 1. The summed E-state index contributed by atoms with van der Waals surface area (Å²) in [5, 5.41) is 12.0. The standard InChI is InChI=1S/C14H21NO2/c1-2-11-17-14-8-4-3-7-13(14)12-15-9-5-6-10-16/h2-4,7-8,15-16H,1,5-6,9-12H2. The summed E-state index contributed by atoms with van der Waals surface area (Å²) in [7, 11) is 0. The molecule has 1 rings (SSSR count). The second-order valence-electron chi connectivity index (χ2n) is 3.81. The lowest BCUT2D eigenvalue weighted by Gasteiger charge is -2.10. The van der Waals surface area contributed by atoms with Crippen LogP contribution in [0.3, 0.4) is 0 Å². The zero-order chi connectivity index (χ0) is 12.3. The number of ether oxygens (including phenoxy) is 1. The maximum Gasteiger partial charge on any atom is 0.124 e. The van der Waals surface area contributed by atoms with Crippen LogP contribution in [0, 0.1) is 0 Å². The van der Waals surface area contributed by atoms with E-state index < -0.39 is 0 Å². The minimum atomic E-state index is 0.265. The van der Waals surface area contributed by atoms with Crippen LogP contribution in [-0.4, -0.2) is 24.9 Å². The van der Waals surface area contributed by atoms with Crippen LogP contribution >= 0.6 is 0 Å². The van der Waals surface area contributed by atoms with E-state index in [1.807, 2.05) is 18.2 Å². The highest BCUT2D eigenvalue weighted by Gasteiger charge is 2.01. The molecule has 0 radical (unpaired) electrons. The van der Waals surface area contributed by atoms with Gasteiger partial charge in [0.1, 0.15) is 12.4 Å². The summed E-state index contributed by atoms with van der Waals surface area (Å²) < 4.78 is 5.57. The molecule has 1 aromatic rings. The summed E-state index contributed by atoms with van der Waals surface area (Å²) in [6.45, 7) is 6.13. The van der Waals surface area contributed by atoms with Gasteiger partial charge in [0, 0.05) is 18.7 Å². The van der Waals surface area contributed by atoms with Crippen LogP contribution in [0.2, 0.25) is 0 Å². The van der Waals surface area contributed by atoms with Crippen molar-refractivity contribution in [2.45, 2.75) is 19.4 Å². The first-order valence-electron chi connectivity index (χ1n) is 6.01. The first-order valence-corrected chi connectivity index (χ1v) is 6.01. The molecule has 3 heteroatoms. The van der Waals surface area contributed by atoms with E-state index in [1.54, 1.807) is 6.08 Å². The number of nitrogens with one attached hydrogen (secondary N) is 1. The molecular formula is C14H21NO2. The lowest BCUT2D eigenvalue weighted by molar-refractivity contribution is 0.283. The van der Waals surface area contributed by atoms with Crippen LogP contribution in [0.5, 0.6) is 5.75 Å². The van der Waals surface area contributed by atoms with Gasteiger partial charge in [0.15, 0.2) is 0 Å². The summed E-state index contributed by atoms with van der Waals surface area (Å²) in [6.07, 6.45) is 3.58. The molecule has 1 aromatic carbocycles. The highest BCUT2D eigenvalue weighted by Crippen LogP contribution is 2.17. The van der Waals surface area contributed by atoms with Crippen molar-refractivity contribution in [2.75, 3.05) is 19.8 Å². The Morgan fingerprint density at radius 1 is 1.29 bits per heavy atom. The Labute approximate surface area is 103 Å². The summed E-state index contributed by atoms with van der Waals surface area (Å²) >= 11 is 0. The highest BCUT2D eigenvalue weighted by atomic mass is 16.5. The lowest BCUT2D eigenvalue weighted by atomic mass is 10.2. The molecule has 0 aliphatic rings. The average Bonchev–Trinajstić information content (AvgIpc) is 2.37. The number of benzene rings is 1. The molecule has 0 unspecified atom stereocenters. The maximum atomic E-state index is 8.67. The van der Waals surface area contributed by atoms with Crippen LogP contribution in [0.1, 0.15) is 18.4 Å². The van der Waals surface area contributed by atoms with E-state index in [-0.39, 0.29) is 6.61 Å². The molecule has 0 amide bonds. The number of aliphatic hydroxyl groups excluding tert-OH is 1. The third-order valence-corrected chi connectivity index (χ3v) is 2.41. The Bertz CT molecular complexity index is 326. The Kier molecular flexibility index (Phi) is 7.11. The van der Waals surface area contributed by atoms with Gasteiger partial charge in [-0.1, -0.05) is 30.9 Å². The molecule has 0 bridgehead atoms. The quantitative estimate of drug-likeness (QED) is 0.509. The molecule has 0 fully saturated rings. The summed E-state index contributed by atoms with van der Waals surface area (Å²) in [6, 6.07) is 7.99. The Hall–Kier alpha value is -1.32. The van der Waals surface area contributed by atoms with Gasteiger partial charge in [0.25, 0.3) is 0 Å². The van der Waals surface area contributed by atoms with Gasteiger partial charge in [-0.25, -0.2) is 0 Å². The second kappa shape index (κ2) is 8.79. The first-order chi connectivity index (χ1) is 8.38. The second-order valence-corrected chi connectivity index (χ2v) is 3.81. The first kappa shape index (κ1) is 13.7. The van der Waals surface area contributed by atoms with Crippen LogP contribution in [0.4, 0.5) is 0 Å². The lowest BCUT2D eigenvalue weighted by Crippen LogP contribution is -2.15. The van der Waals surface area contributed by atoms with Crippen molar-refractivity contribution in [3.63, 3.8) is 0 Å². The molecule has 0 aromatic heterocycles. The SMILES string of the molecule is C=CCOc1ccccc1CNCCCCO.